The highest BCUT2D eigenvalue weighted by Crippen LogP contribution is 2.35. The first kappa shape index (κ1) is 8.44. The van der Waals surface area contributed by atoms with Crippen molar-refractivity contribution in [3.05, 3.63) is 0 Å². The van der Waals surface area contributed by atoms with Crippen molar-refractivity contribution in [2.24, 2.45) is 11.3 Å². The Morgan fingerprint density at radius 3 is 2.64 bits per heavy atom. The van der Waals surface area contributed by atoms with E-state index in [0.29, 0.717) is 5.41 Å². The molecule has 2 N–H and O–H groups in total. The monoisotopic (exact) mass is 152 g/mol. The van der Waals surface area contributed by atoms with E-state index >= 15 is 0 Å². The van der Waals surface area contributed by atoms with Crippen LogP contribution in [0.15, 0.2) is 0 Å². The fourth-order valence-electron chi connectivity index (χ4n) is 1.64. The molecule has 1 aliphatic rings. The fourth-order valence-corrected chi connectivity index (χ4v) is 1.64. The standard InChI is InChI=1S/C9H16N2/c1-9(2)4-3-7(6-10)8(11)5-9/h6-7,10-11H,3-5H2,1-2H3. The molecule has 0 aliphatic heterocycles. The van der Waals surface area contributed by atoms with Gasteiger partial charge in [-0.2, -0.15) is 0 Å². The van der Waals surface area contributed by atoms with Crippen molar-refractivity contribution in [2.45, 2.75) is 33.1 Å². The summed E-state index contributed by atoms with van der Waals surface area (Å²) in [4.78, 5) is 0. The van der Waals surface area contributed by atoms with E-state index in [0.717, 1.165) is 25.0 Å². The summed E-state index contributed by atoms with van der Waals surface area (Å²) in [6.07, 6.45) is 4.43. The summed E-state index contributed by atoms with van der Waals surface area (Å²) in [6, 6.07) is 0. The van der Waals surface area contributed by atoms with Gasteiger partial charge in [0.25, 0.3) is 0 Å². The molecule has 0 heterocycles. The molecule has 2 nitrogen and oxygen atoms in total. The topological polar surface area (TPSA) is 47.7 Å². The summed E-state index contributed by atoms with van der Waals surface area (Å²) in [5.74, 6) is 0.142. The van der Waals surface area contributed by atoms with Crippen LogP contribution in [0.2, 0.25) is 0 Å². The van der Waals surface area contributed by atoms with Crippen LogP contribution in [0.1, 0.15) is 33.1 Å². The normalized spacial score (nSPS) is 30.0. The molecule has 0 aromatic rings. The van der Waals surface area contributed by atoms with Gasteiger partial charge in [-0.25, -0.2) is 0 Å². The number of hydrogen-bond donors (Lipinski definition) is 2. The highest BCUT2D eigenvalue weighted by atomic mass is 14.5. The van der Waals surface area contributed by atoms with Gasteiger partial charge in [-0.05, 0) is 24.7 Å². The fraction of sp³-hybridized carbons (Fsp3) is 0.778. The van der Waals surface area contributed by atoms with Crippen molar-refractivity contribution in [1.82, 2.24) is 0 Å². The third kappa shape index (κ3) is 1.88. The lowest BCUT2D eigenvalue weighted by Gasteiger charge is -2.33. The van der Waals surface area contributed by atoms with Crippen LogP contribution in [0.3, 0.4) is 0 Å². The van der Waals surface area contributed by atoms with Crippen LogP contribution in [-0.4, -0.2) is 11.9 Å². The Hall–Kier alpha value is -0.660. The second kappa shape index (κ2) is 2.76. The first-order chi connectivity index (χ1) is 5.05. The van der Waals surface area contributed by atoms with Crippen molar-refractivity contribution in [3.63, 3.8) is 0 Å². The minimum atomic E-state index is 0.142. The van der Waals surface area contributed by atoms with E-state index in [4.69, 9.17) is 10.8 Å². The molecule has 2 heteroatoms. The Bertz CT molecular complexity index is 182. The summed E-state index contributed by atoms with van der Waals surface area (Å²) in [6.45, 7) is 4.39. The van der Waals surface area contributed by atoms with Gasteiger partial charge in [0.05, 0.1) is 0 Å². The molecule has 1 unspecified atom stereocenters. The average molecular weight is 152 g/mol. The molecule has 1 atom stereocenters. The van der Waals surface area contributed by atoms with Gasteiger partial charge in [0.15, 0.2) is 0 Å². The first-order valence-electron chi connectivity index (χ1n) is 4.13. The number of nitrogens with one attached hydrogen (secondary N) is 2. The molecule has 0 saturated heterocycles. The van der Waals surface area contributed by atoms with Gasteiger partial charge in [-0.3, -0.25) is 0 Å². The Morgan fingerprint density at radius 1 is 1.55 bits per heavy atom. The maximum absolute atomic E-state index is 7.65. The second-order valence-corrected chi connectivity index (χ2v) is 4.18. The Kier molecular flexibility index (Phi) is 2.12. The van der Waals surface area contributed by atoms with E-state index in [1.165, 1.54) is 6.21 Å². The molecule has 1 saturated carbocycles. The third-order valence-electron chi connectivity index (χ3n) is 2.45. The zero-order chi connectivity index (χ0) is 8.48. The minimum absolute atomic E-state index is 0.142. The molecule has 11 heavy (non-hydrogen) atoms. The lowest BCUT2D eigenvalue weighted by Crippen LogP contribution is -2.30. The van der Waals surface area contributed by atoms with Gasteiger partial charge in [0.1, 0.15) is 0 Å². The van der Waals surface area contributed by atoms with E-state index in [2.05, 4.69) is 13.8 Å². The van der Waals surface area contributed by atoms with E-state index < -0.39 is 0 Å². The first-order valence-corrected chi connectivity index (χ1v) is 4.13. The molecule has 1 rings (SSSR count). The van der Waals surface area contributed by atoms with Crippen LogP contribution in [0, 0.1) is 22.2 Å². The van der Waals surface area contributed by atoms with Crippen LogP contribution in [0.5, 0.6) is 0 Å². The molecular weight excluding hydrogens is 136 g/mol. The Balaban J connectivity index is 2.62. The lowest BCUT2D eigenvalue weighted by molar-refractivity contribution is 0.308. The lowest BCUT2D eigenvalue weighted by atomic mass is 9.72. The third-order valence-corrected chi connectivity index (χ3v) is 2.45. The molecule has 1 fully saturated rings. The van der Waals surface area contributed by atoms with E-state index in [-0.39, 0.29) is 5.92 Å². The minimum Gasteiger partial charge on any atom is -0.312 e. The van der Waals surface area contributed by atoms with Crippen LogP contribution in [-0.2, 0) is 0 Å². The molecule has 0 amide bonds. The van der Waals surface area contributed by atoms with Crippen LogP contribution < -0.4 is 0 Å². The SMILES string of the molecule is CC1(C)CCC(C=N)C(=N)C1. The predicted molar refractivity (Wildman–Crippen MR) is 47.6 cm³/mol. The summed E-state index contributed by atoms with van der Waals surface area (Å²) >= 11 is 0. The molecule has 0 aromatic heterocycles. The van der Waals surface area contributed by atoms with E-state index in [1.54, 1.807) is 0 Å². The smallest absolute Gasteiger partial charge is 0.0313 e. The molecule has 1 aliphatic carbocycles. The van der Waals surface area contributed by atoms with Crippen LogP contribution in [0.4, 0.5) is 0 Å². The molecule has 0 spiro atoms. The van der Waals surface area contributed by atoms with Crippen molar-refractivity contribution in [1.29, 1.82) is 10.8 Å². The van der Waals surface area contributed by atoms with Crippen molar-refractivity contribution >= 4 is 11.9 Å². The highest BCUT2D eigenvalue weighted by Gasteiger charge is 2.29. The molecule has 62 valence electrons. The highest BCUT2D eigenvalue weighted by molar-refractivity contribution is 5.96. The summed E-state index contributed by atoms with van der Waals surface area (Å²) in [5.41, 5.74) is 1.05. The molecule has 0 bridgehead atoms. The number of hydrogen-bond acceptors (Lipinski definition) is 2. The zero-order valence-corrected chi connectivity index (χ0v) is 7.28. The summed E-state index contributed by atoms with van der Waals surface area (Å²) in [7, 11) is 0. The maximum atomic E-state index is 7.65. The van der Waals surface area contributed by atoms with E-state index in [1.807, 2.05) is 0 Å². The zero-order valence-electron chi connectivity index (χ0n) is 7.28. The molecule has 0 aromatic carbocycles. The Labute approximate surface area is 68.0 Å². The van der Waals surface area contributed by atoms with Gasteiger partial charge in [-0.15, -0.1) is 0 Å². The van der Waals surface area contributed by atoms with Crippen molar-refractivity contribution < 1.29 is 0 Å². The van der Waals surface area contributed by atoms with Crippen LogP contribution >= 0.6 is 0 Å². The van der Waals surface area contributed by atoms with Gasteiger partial charge in [-0.1, -0.05) is 13.8 Å². The quantitative estimate of drug-likeness (QED) is 0.542. The summed E-state index contributed by atoms with van der Waals surface area (Å²) < 4.78 is 0. The second-order valence-electron chi connectivity index (χ2n) is 4.18. The van der Waals surface area contributed by atoms with Gasteiger partial charge >= 0.3 is 0 Å². The summed E-state index contributed by atoms with van der Waals surface area (Å²) in [5, 5.41) is 14.7. The maximum Gasteiger partial charge on any atom is 0.0313 e. The van der Waals surface area contributed by atoms with Crippen LogP contribution in [0.25, 0.3) is 0 Å². The van der Waals surface area contributed by atoms with Gasteiger partial charge < -0.3 is 10.8 Å². The van der Waals surface area contributed by atoms with Gasteiger partial charge in [0, 0.05) is 17.8 Å². The average Bonchev–Trinajstić information content (AvgIpc) is 1.86. The van der Waals surface area contributed by atoms with Gasteiger partial charge in [0.2, 0.25) is 0 Å². The van der Waals surface area contributed by atoms with Crippen molar-refractivity contribution in [2.75, 3.05) is 0 Å². The van der Waals surface area contributed by atoms with Crippen molar-refractivity contribution in [3.8, 4) is 0 Å². The number of rotatable bonds is 1. The van der Waals surface area contributed by atoms with E-state index in [9.17, 15) is 0 Å². The Morgan fingerprint density at radius 2 is 2.18 bits per heavy atom. The largest absolute Gasteiger partial charge is 0.312 e. The molecular formula is C9H16N2. The predicted octanol–water partition coefficient (Wildman–Crippen LogP) is 2.48. The molecule has 0 radical (unpaired) electrons.